The van der Waals surface area contributed by atoms with Crippen LogP contribution in [0.2, 0.25) is 0 Å². The molecule has 6 nitrogen and oxygen atoms in total. The lowest BCUT2D eigenvalue weighted by molar-refractivity contribution is 0.0674. The second-order valence-corrected chi connectivity index (χ2v) is 5.35. The van der Waals surface area contributed by atoms with E-state index in [-0.39, 0.29) is 18.2 Å². The van der Waals surface area contributed by atoms with Crippen LogP contribution in [-0.4, -0.2) is 52.1 Å². The van der Waals surface area contributed by atoms with Crippen molar-refractivity contribution >= 4 is 0 Å². The Morgan fingerprint density at radius 2 is 2.32 bits per heavy atom. The maximum atomic E-state index is 9.82. The topological polar surface area (TPSA) is 71.6 Å². The molecule has 19 heavy (non-hydrogen) atoms. The van der Waals surface area contributed by atoms with Crippen molar-refractivity contribution < 1.29 is 14.4 Å². The normalized spacial score (nSPS) is 24.5. The Morgan fingerprint density at radius 1 is 1.53 bits per heavy atom. The van der Waals surface area contributed by atoms with Crippen molar-refractivity contribution in [2.75, 3.05) is 19.7 Å². The number of aliphatic hydroxyl groups excluding tert-OH is 1. The molecule has 1 N–H and O–H groups in total. The highest BCUT2D eigenvalue weighted by atomic mass is 16.5. The molecule has 6 heteroatoms. The molecule has 0 radical (unpaired) electrons. The highest BCUT2D eigenvalue weighted by Crippen LogP contribution is 2.31. The Hall–Kier alpha value is -0.980. The highest BCUT2D eigenvalue weighted by molar-refractivity contribution is 4.98. The lowest BCUT2D eigenvalue weighted by Crippen LogP contribution is -2.27. The maximum Gasteiger partial charge on any atom is 0.244 e. The van der Waals surface area contributed by atoms with Crippen molar-refractivity contribution in [3.8, 4) is 0 Å². The van der Waals surface area contributed by atoms with E-state index in [1.54, 1.807) is 6.92 Å². The van der Waals surface area contributed by atoms with Crippen molar-refractivity contribution in [2.24, 2.45) is 0 Å². The molecule has 108 valence electrons. The van der Waals surface area contributed by atoms with E-state index in [0.29, 0.717) is 24.7 Å². The number of β-amino-alcohol motifs (C(OH)–C–C–N with tert-alkyl or cyclic N) is 1. The Bertz CT molecular complexity index is 394. The average Bonchev–Trinajstić information content (AvgIpc) is 2.90. The zero-order valence-corrected chi connectivity index (χ0v) is 11.9. The molecule has 0 saturated carbocycles. The van der Waals surface area contributed by atoms with E-state index in [0.717, 1.165) is 19.6 Å². The number of ether oxygens (including phenoxy) is 1. The third-order valence-electron chi connectivity index (χ3n) is 3.25. The van der Waals surface area contributed by atoms with Gasteiger partial charge in [0.2, 0.25) is 5.89 Å². The third kappa shape index (κ3) is 3.99. The molecule has 0 amide bonds. The van der Waals surface area contributed by atoms with Gasteiger partial charge in [-0.05, 0) is 33.6 Å². The van der Waals surface area contributed by atoms with Crippen LogP contribution in [0, 0.1) is 6.92 Å². The number of aromatic nitrogens is 2. The molecular weight excluding hydrogens is 246 g/mol. The number of rotatable bonds is 6. The molecular formula is C13H23N3O3. The summed E-state index contributed by atoms with van der Waals surface area (Å²) in [4.78, 5) is 6.47. The second-order valence-electron chi connectivity index (χ2n) is 5.35. The molecule has 1 aliphatic heterocycles. The Kier molecular flexibility index (Phi) is 4.90. The summed E-state index contributed by atoms with van der Waals surface area (Å²) in [6.07, 6.45) is 1.54. The largest absolute Gasteiger partial charge is 0.392 e. The Balaban J connectivity index is 1.87. The molecule has 1 aliphatic rings. The fraction of sp³-hybridized carbons (Fsp3) is 0.846. The SMILES string of the molecule is Cc1noc([C@H]2C[C@@H](O)CN2CCCOC(C)C)n1. The summed E-state index contributed by atoms with van der Waals surface area (Å²) >= 11 is 0. The number of hydrogen-bond donors (Lipinski definition) is 1. The molecule has 0 unspecified atom stereocenters. The van der Waals surface area contributed by atoms with E-state index < -0.39 is 0 Å². The highest BCUT2D eigenvalue weighted by Gasteiger charge is 2.35. The van der Waals surface area contributed by atoms with Crippen LogP contribution in [0.15, 0.2) is 4.52 Å². The first-order chi connectivity index (χ1) is 9.06. The maximum absolute atomic E-state index is 9.82. The van der Waals surface area contributed by atoms with Crippen LogP contribution in [0.25, 0.3) is 0 Å². The fourth-order valence-corrected chi connectivity index (χ4v) is 2.42. The zero-order chi connectivity index (χ0) is 13.8. The zero-order valence-electron chi connectivity index (χ0n) is 11.9. The molecule has 2 rings (SSSR count). The molecule has 1 fully saturated rings. The Morgan fingerprint density at radius 3 is 2.95 bits per heavy atom. The van der Waals surface area contributed by atoms with Crippen molar-refractivity contribution in [2.45, 2.75) is 51.9 Å². The van der Waals surface area contributed by atoms with Crippen LogP contribution in [0.4, 0.5) is 0 Å². The van der Waals surface area contributed by atoms with Crippen molar-refractivity contribution in [3.63, 3.8) is 0 Å². The minimum atomic E-state index is -0.316. The van der Waals surface area contributed by atoms with Gasteiger partial charge < -0.3 is 14.4 Å². The molecule has 0 aliphatic carbocycles. The fourth-order valence-electron chi connectivity index (χ4n) is 2.42. The van der Waals surface area contributed by atoms with Gasteiger partial charge in [-0.15, -0.1) is 0 Å². The molecule has 1 aromatic rings. The van der Waals surface area contributed by atoms with E-state index >= 15 is 0 Å². The van der Waals surface area contributed by atoms with Gasteiger partial charge in [0.25, 0.3) is 0 Å². The molecule has 1 aromatic heterocycles. The monoisotopic (exact) mass is 269 g/mol. The molecule has 0 aromatic carbocycles. The first-order valence-corrected chi connectivity index (χ1v) is 6.90. The molecule has 0 spiro atoms. The van der Waals surface area contributed by atoms with E-state index in [1.165, 1.54) is 0 Å². The minimum Gasteiger partial charge on any atom is -0.392 e. The number of aliphatic hydroxyl groups is 1. The second kappa shape index (κ2) is 6.45. The predicted octanol–water partition coefficient (Wildman–Crippen LogP) is 1.30. The number of aryl methyl sites for hydroxylation is 1. The first kappa shape index (κ1) is 14.4. The summed E-state index contributed by atoms with van der Waals surface area (Å²) in [5.41, 5.74) is 0. The summed E-state index contributed by atoms with van der Waals surface area (Å²) in [6, 6.07) is 0.0373. The van der Waals surface area contributed by atoms with Gasteiger partial charge >= 0.3 is 0 Å². The van der Waals surface area contributed by atoms with Crippen molar-refractivity contribution in [3.05, 3.63) is 11.7 Å². The van der Waals surface area contributed by atoms with Gasteiger partial charge in [0.05, 0.1) is 18.2 Å². The van der Waals surface area contributed by atoms with Crippen molar-refractivity contribution in [1.29, 1.82) is 0 Å². The van der Waals surface area contributed by atoms with Gasteiger partial charge in [0, 0.05) is 19.7 Å². The number of nitrogens with zero attached hydrogens (tertiary/aromatic N) is 3. The van der Waals surface area contributed by atoms with Crippen LogP contribution in [0.1, 0.15) is 44.4 Å². The van der Waals surface area contributed by atoms with Gasteiger partial charge in [0.1, 0.15) is 0 Å². The third-order valence-corrected chi connectivity index (χ3v) is 3.25. The smallest absolute Gasteiger partial charge is 0.244 e. The van der Waals surface area contributed by atoms with Crippen LogP contribution in [0.3, 0.4) is 0 Å². The quantitative estimate of drug-likeness (QED) is 0.785. The average molecular weight is 269 g/mol. The lowest BCUT2D eigenvalue weighted by Gasteiger charge is -2.21. The van der Waals surface area contributed by atoms with Gasteiger partial charge in [-0.2, -0.15) is 4.98 Å². The summed E-state index contributed by atoms with van der Waals surface area (Å²) < 4.78 is 10.8. The van der Waals surface area contributed by atoms with Crippen LogP contribution in [0.5, 0.6) is 0 Å². The van der Waals surface area contributed by atoms with Gasteiger partial charge in [-0.1, -0.05) is 5.16 Å². The van der Waals surface area contributed by atoms with Gasteiger partial charge in [0.15, 0.2) is 5.82 Å². The minimum absolute atomic E-state index is 0.0373. The Labute approximate surface area is 113 Å². The number of hydrogen-bond acceptors (Lipinski definition) is 6. The summed E-state index contributed by atoms with van der Waals surface area (Å²) in [5, 5.41) is 13.6. The van der Waals surface area contributed by atoms with Crippen LogP contribution >= 0.6 is 0 Å². The van der Waals surface area contributed by atoms with E-state index in [1.807, 2.05) is 13.8 Å². The molecule has 0 bridgehead atoms. The van der Waals surface area contributed by atoms with E-state index in [2.05, 4.69) is 15.0 Å². The summed E-state index contributed by atoms with van der Waals surface area (Å²) in [6.45, 7) is 8.13. The molecule has 2 atom stereocenters. The lowest BCUT2D eigenvalue weighted by atomic mass is 10.2. The van der Waals surface area contributed by atoms with Crippen LogP contribution in [-0.2, 0) is 4.74 Å². The number of likely N-dealkylation sites (tertiary alicyclic amines) is 1. The summed E-state index contributed by atoms with van der Waals surface area (Å²) in [7, 11) is 0. The summed E-state index contributed by atoms with van der Waals surface area (Å²) in [5.74, 6) is 1.25. The predicted molar refractivity (Wildman–Crippen MR) is 69.7 cm³/mol. The standard InChI is InChI=1S/C13H23N3O3/c1-9(2)18-6-4-5-16-8-11(17)7-12(16)13-14-10(3)15-19-13/h9,11-12,17H,4-8H2,1-3H3/t11-,12-/m1/s1. The van der Waals surface area contributed by atoms with Gasteiger partial charge in [-0.25, -0.2) is 0 Å². The van der Waals surface area contributed by atoms with Crippen molar-refractivity contribution in [1.82, 2.24) is 15.0 Å². The van der Waals surface area contributed by atoms with Gasteiger partial charge in [-0.3, -0.25) is 4.90 Å². The first-order valence-electron chi connectivity index (χ1n) is 6.90. The molecule has 1 saturated heterocycles. The van der Waals surface area contributed by atoms with E-state index in [9.17, 15) is 5.11 Å². The molecule has 2 heterocycles. The van der Waals surface area contributed by atoms with Crippen LogP contribution < -0.4 is 0 Å². The van der Waals surface area contributed by atoms with E-state index in [4.69, 9.17) is 9.26 Å².